The first kappa shape index (κ1) is 28.6. The fourth-order valence-electron chi connectivity index (χ4n) is 4.22. The minimum absolute atomic E-state index is 0.00323. The van der Waals surface area contributed by atoms with E-state index >= 15 is 0 Å². The first-order valence-corrected chi connectivity index (χ1v) is 11.4. The largest absolute Gasteiger partial charge is 0.469 e. The number of nitrogens with zero attached hydrogens (tertiary/aromatic N) is 1. The van der Waals surface area contributed by atoms with E-state index in [1.54, 1.807) is 0 Å². The van der Waals surface area contributed by atoms with E-state index in [1.807, 2.05) is 17.8 Å². The van der Waals surface area contributed by atoms with E-state index < -0.39 is 17.9 Å². The van der Waals surface area contributed by atoms with Crippen molar-refractivity contribution in [2.75, 3.05) is 28.4 Å². The summed E-state index contributed by atoms with van der Waals surface area (Å²) >= 11 is 0. The lowest BCUT2D eigenvalue weighted by Crippen LogP contribution is -2.11. The molecular weight excluding hydrogens is 472 g/mol. The maximum atomic E-state index is 12.2. The Balaban J connectivity index is 2.56. The van der Waals surface area contributed by atoms with Crippen LogP contribution in [0.15, 0.2) is 6.20 Å². The molecule has 0 aromatic carbocycles. The molecular formula is C25H34N2O9. The monoisotopic (exact) mass is 506 g/mol. The van der Waals surface area contributed by atoms with Gasteiger partial charge in [-0.25, -0.2) is 0 Å². The Morgan fingerprint density at radius 2 is 1.31 bits per heavy atom. The zero-order chi connectivity index (χ0) is 26.8. The van der Waals surface area contributed by atoms with Crippen molar-refractivity contribution >= 4 is 23.9 Å². The van der Waals surface area contributed by atoms with Crippen LogP contribution in [0.25, 0.3) is 0 Å². The van der Waals surface area contributed by atoms with Gasteiger partial charge in [0.2, 0.25) is 0 Å². The van der Waals surface area contributed by atoms with Crippen molar-refractivity contribution in [3.63, 3.8) is 0 Å². The van der Waals surface area contributed by atoms with Gasteiger partial charge in [0.05, 0.1) is 47.9 Å². The van der Waals surface area contributed by atoms with Crippen LogP contribution in [-0.2, 0) is 83.9 Å². The molecule has 36 heavy (non-hydrogen) atoms. The third kappa shape index (κ3) is 7.20. The minimum atomic E-state index is -0.482. The van der Waals surface area contributed by atoms with Gasteiger partial charge < -0.3 is 33.6 Å². The Kier molecular flexibility index (Phi) is 10.7. The molecule has 0 amide bonds. The number of nitrogens with one attached hydrogen (secondary N) is 1. The lowest BCUT2D eigenvalue weighted by Gasteiger charge is -2.11. The standard InChI is InChI=1S/C25H34N2O9/c1-27-13-15(6-8-22(29)33-2)17(10-24(31)35-4)21(27)12-19-16(7-9-23(30)34-3)18(11-25(32)36-5)20(14-28)26-19/h13,26,28H,6-12,14H2,1-5H3. The van der Waals surface area contributed by atoms with Gasteiger partial charge in [-0.2, -0.15) is 0 Å². The second-order valence-electron chi connectivity index (χ2n) is 8.22. The van der Waals surface area contributed by atoms with Crippen LogP contribution in [0.1, 0.15) is 52.2 Å². The zero-order valence-electron chi connectivity index (χ0n) is 21.4. The maximum absolute atomic E-state index is 12.2. The lowest BCUT2D eigenvalue weighted by molar-refractivity contribution is -0.141. The Morgan fingerprint density at radius 3 is 1.83 bits per heavy atom. The molecule has 11 heteroatoms. The highest BCUT2D eigenvalue weighted by Gasteiger charge is 2.24. The summed E-state index contributed by atoms with van der Waals surface area (Å²) in [4.78, 5) is 51.1. The third-order valence-electron chi connectivity index (χ3n) is 6.14. The number of hydrogen-bond donors (Lipinski definition) is 2. The van der Waals surface area contributed by atoms with Crippen LogP contribution >= 0.6 is 0 Å². The van der Waals surface area contributed by atoms with Crippen molar-refractivity contribution in [1.82, 2.24) is 9.55 Å². The van der Waals surface area contributed by atoms with Crippen molar-refractivity contribution in [3.05, 3.63) is 45.5 Å². The number of H-pyrrole nitrogens is 1. The number of ether oxygens (including phenoxy) is 4. The van der Waals surface area contributed by atoms with Crippen molar-refractivity contribution in [1.29, 1.82) is 0 Å². The second-order valence-corrected chi connectivity index (χ2v) is 8.22. The van der Waals surface area contributed by atoms with Gasteiger partial charge in [0, 0.05) is 49.6 Å². The predicted octanol–water partition coefficient (Wildman–Crippen LogP) is 1.08. The molecule has 0 aliphatic rings. The topological polar surface area (TPSA) is 146 Å². The Bertz CT molecular complexity index is 1100. The summed E-state index contributed by atoms with van der Waals surface area (Å²) in [7, 11) is 7.04. The van der Waals surface area contributed by atoms with Crippen molar-refractivity contribution in [2.45, 2.75) is 51.6 Å². The molecule has 0 bridgehead atoms. The van der Waals surface area contributed by atoms with E-state index in [9.17, 15) is 24.3 Å². The average Bonchev–Trinajstić information content (AvgIpc) is 3.36. The van der Waals surface area contributed by atoms with Crippen LogP contribution < -0.4 is 0 Å². The minimum Gasteiger partial charge on any atom is -0.469 e. The van der Waals surface area contributed by atoms with Crippen molar-refractivity contribution < 1.29 is 43.2 Å². The number of esters is 4. The molecule has 2 N–H and O–H groups in total. The molecule has 0 spiro atoms. The molecule has 0 radical (unpaired) electrons. The molecule has 0 unspecified atom stereocenters. The number of hydrogen-bond acceptors (Lipinski definition) is 9. The fourth-order valence-corrected chi connectivity index (χ4v) is 4.22. The lowest BCUT2D eigenvalue weighted by atomic mass is 9.96. The Hall–Kier alpha value is -3.60. The number of aliphatic hydroxyl groups is 1. The van der Waals surface area contributed by atoms with Crippen LogP contribution in [-0.4, -0.2) is 67.0 Å². The van der Waals surface area contributed by atoms with Gasteiger partial charge in [0.15, 0.2) is 0 Å². The summed E-state index contributed by atoms with van der Waals surface area (Å²) in [5.74, 6) is -1.68. The first-order valence-electron chi connectivity index (χ1n) is 11.4. The quantitative estimate of drug-likeness (QED) is 0.301. The number of carbonyl (C=O) groups is 4. The highest BCUT2D eigenvalue weighted by atomic mass is 16.5. The molecule has 2 aromatic rings. The normalized spacial score (nSPS) is 10.7. The molecule has 198 valence electrons. The smallest absolute Gasteiger partial charge is 0.310 e. The number of aliphatic hydroxyl groups excluding tert-OH is 1. The van der Waals surface area contributed by atoms with Crippen LogP contribution in [0.3, 0.4) is 0 Å². The molecule has 0 fully saturated rings. The summed E-state index contributed by atoms with van der Waals surface area (Å²) in [5.41, 5.74) is 4.73. The fraction of sp³-hybridized carbons (Fsp3) is 0.520. The molecule has 2 heterocycles. The zero-order valence-corrected chi connectivity index (χ0v) is 21.4. The SMILES string of the molecule is COC(=O)CCc1cn(C)c(Cc2[nH]c(CO)c(CC(=O)OC)c2CCC(=O)OC)c1CC(=O)OC. The van der Waals surface area contributed by atoms with Gasteiger partial charge in [-0.1, -0.05) is 0 Å². The van der Waals surface area contributed by atoms with E-state index in [0.29, 0.717) is 35.4 Å². The highest BCUT2D eigenvalue weighted by molar-refractivity contribution is 5.75. The summed E-state index contributed by atoms with van der Waals surface area (Å²) < 4.78 is 21.1. The number of aryl methyl sites for hydroxylation is 2. The van der Waals surface area contributed by atoms with Crippen LogP contribution in [0.4, 0.5) is 0 Å². The van der Waals surface area contributed by atoms with Gasteiger partial charge in [-0.05, 0) is 35.1 Å². The van der Waals surface area contributed by atoms with E-state index in [2.05, 4.69) is 4.98 Å². The molecule has 0 aliphatic carbocycles. The van der Waals surface area contributed by atoms with Gasteiger partial charge >= 0.3 is 23.9 Å². The summed E-state index contributed by atoms with van der Waals surface area (Å²) in [6.07, 6.45) is 2.97. The van der Waals surface area contributed by atoms with Crippen LogP contribution in [0.5, 0.6) is 0 Å². The molecule has 0 saturated carbocycles. The number of aromatic amines is 1. The van der Waals surface area contributed by atoms with E-state index in [4.69, 9.17) is 18.9 Å². The third-order valence-corrected chi connectivity index (χ3v) is 6.14. The highest BCUT2D eigenvalue weighted by Crippen LogP contribution is 2.28. The van der Waals surface area contributed by atoms with Crippen molar-refractivity contribution in [3.8, 4) is 0 Å². The average molecular weight is 507 g/mol. The van der Waals surface area contributed by atoms with Crippen LogP contribution in [0, 0.1) is 0 Å². The Labute approximate surface area is 209 Å². The summed E-state index contributed by atoms with van der Waals surface area (Å²) in [6.45, 7) is -0.343. The second kappa shape index (κ2) is 13.5. The first-order chi connectivity index (χ1) is 17.2. The Morgan fingerprint density at radius 1 is 0.778 bits per heavy atom. The summed E-state index contributed by atoms with van der Waals surface area (Å²) in [5, 5.41) is 9.96. The van der Waals surface area contributed by atoms with E-state index in [1.165, 1.54) is 28.4 Å². The molecule has 11 nitrogen and oxygen atoms in total. The molecule has 0 aliphatic heterocycles. The molecule has 2 rings (SSSR count). The van der Waals surface area contributed by atoms with Gasteiger partial charge in [-0.3, -0.25) is 19.2 Å². The number of carbonyl (C=O) groups excluding carboxylic acids is 4. The predicted molar refractivity (Wildman–Crippen MR) is 127 cm³/mol. The van der Waals surface area contributed by atoms with Gasteiger partial charge in [0.25, 0.3) is 0 Å². The van der Waals surface area contributed by atoms with Crippen LogP contribution in [0.2, 0.25) is 0 Å². The molecule has 0 atom stereocenters. The van der Waals surface area contributed by atoms with E-state index in [-0.39, 0.29) is 44.7 Å². The number of rotatable bonds is 13. The maximum Gasteiger partial charge on any atom is 0.310 e. The van der Waals surface area contributed by atoms with Gasteiger partial charge in [-0.15, -0.1) is 0 Å². The number of methoxy groups -OCH3 is 4. The van der Waals surface area contributed by atoms with E-state index in [0.717, 1.165) is 16.8 Å². The molecule has 2 aromatic heterocycles. The summed E-state index contributed by atoms with van der Waals surface area (Å²) in [6, 6.07) is 0. The van der Waals surface area contributed by atoms with Gasteiger partial charge in [0.1, 0.15) is 0 Å². The van der Waals surface area contributed by atoms with Crippen molar-refractivity contribution in [2.24, 2.45) is 7.05 Å². The number of aromatic nitrogens is 2. The molecule has 0 saturated heterocycles.